The maximum Gasteiger partial charge on any atom is 0.263 e. The van der Waals surface area contributed by atoms with E-state index in [9.17, 15) is 4.79 Å². The van der Waals surface area contributed by atoms with Crippen molar-refractivity contribution in [1.82, 2.24) is 10.3 Å². The highest BCUT2D eigenvalue weighted by atomic mass is 32.1. The van der Waals surface area contributed by atoms with E-state index >= 15 is 0 Å². The predicted octanol–water partition coefficient (Wildman–Crippen LogP) is 2.65. The molecule has 96 valence electrons. The van der Waals surface area contributed by atoms with Crippen LogP contribution in [0.25, 0.3) is 10.1 Å². The molecule has 2 aromatic rings. The van der Waals surface area contributed by atoms with Crippen LogP contribution in [0.2, 0.25) is 0 Å². The lowest BCUT2D eigenvalue weighted by atomic mass is 10.1. The summed E-state index contributed by atoms with van der Waals surface area (Å²) in [5.41, 5.74) is 6.56. The highest BCUT2D eigenvalue weighted by molar-refractivity contribution is 7.21. The topological polar surface area (TPSA) is 68.0 Å². The minimum absolute atomic E-state index is 0.0889. The SMILES string of the molecule is CCC(C)CNC(=O)c1sc2cnccc2c1N. The number of hydrogen-bond acceptors (Lipinski definition) is 4. The molecule has 1 unspecified atom stereocenters. The Morgan fingerprint density at radius 3 is 3.06 bits per heavy atom. The lowest BCUT2D eigenvalue weighted by Gasteiger charge is -2.09. The Kier molecular flexibility index (Phi) is 3.81. The summed E-state index contributed by atoms with van der Waals surface area (Å²) in [5.74, 6) is 0.389. The molecule has 1 atom stereocenters. The molecule has 0 bridgehead atoms. The summed E-state index contributed by atoms with van der Waals surface area (Å²) in [5, 5.41) is 3.83. The standard InChI is InChI=1S/C13H17N3OS/c1-3-8(2)6-16-13(17)12-11(14)9-4-5-15-7-10(9)18-12/h4-5,7-8H,3,6,14H2,1-2H3,(H,16,17). The van der Waals surface area contributed by atoms with E-state index in [0.717, 1.165) is 16.5 Å². The van der Waals surface area contributed by atoms with E-state index in [2.05, 4.69) is 24.1 Å². The first-order valence-corrected chi connectivity index (χ1v) is 6.85. The quantitative estimate of drug-likeness (QED) is 0.891. The molecule has 0 aromatic carbocycles. The van der Waals surface area contributed by atoms with Crippen molar-refractivity contribution in [3.8, 4) is 0 Å². The number of thiophene rings is 1. The Hall–Kier alpha value is -1.62. The van der Waals surface area contributed by atoms with Crippen molar-refractivity contribution in [2.75, 3.05) is 12.3 Å². The maximum atomic E-state index is 12.1. The molecule has 0 saturated carbocycles. The van der Waals surface area contributed by atoms with Gasteiger partial charge in [0.2, 0.25) is 0 Å². The Bertz CT molecular complexity index is 564. The van der Waals surface area contributed by atoms with Crippen molar-refractivity contribution in [2.45, 2.75) is 20.3 Å². The fraction of sp³-hybridized carbons (Fsp3) is 0.385. The fourth-order valence-electron chi connectivity index (χ4n) is 1.63. The molecule has 2 aromatic heterocycles. The third-order valence-electron chi connectivity index (χ3n) is 3.05. The number of rotatable bonds is 4. The lowest BCUT2D eigenvalue weighted by Crippen LogP contribution is -2.27. The number of nitrogen functional groups attached to an aromatic ring is 1. The van der Waals surface area contributed by atoms with Crippen molar-refractivity contribution < 1.29 is 4.79 Å². The van der Waals surface area contributed by atoms with Gasteiger partial charge < -0.3 is 11.1 Å². The second-order valence-electron chi connectivity index (χ2n) is 4.44. The molecule has 0 saturated heterocycles. The van der Waals surface area contributed by atoms with Gasteiger partial charge in [0.25, 0.3) is 5.91 Å². The van der Waals surface area contributed by atoms with Crippen molar-refractivity contribution in [3.63, 3.8) is 0 Å². The number of carbonyl (C=O) groups excluding carboxylic acids is 1. The average molecular weight is 263 g/mol. The molecule has 1 amide bonds. The first kappa shape index (κ1) is 12.8. The minimum atomic E-state index is -0.0889. The molecule has 0 radical (unpaired) electrons. The number of pyridine rings is 1. The van der Waals surface area contributed by atoms with Gasteiger partial charge in [0.05, 0.1) is 10.4 Å². The van der Waals surface area contributed by atoms with Gasteiger partial charge in [-0.25, -0.2) is 0 Å². The number of nitrogens with two attached hydrogens (primary N) is 1. The predicted molar refractivity (Wildman–Crippen MR) is 75.8 cm³/mol. The van der Waals surface area contributed by atoms with Crippen LogP contribution < -0.4 is 11.1 Å². The number of nitrogens with one attached hydrogen (secondary N) is 1. The molecule has 0 spiro atoms. The van der Waals surface area contributed by atoms with Crippen LogP contribution in [0, 0.1) is 5.92 Å². The molecule has 5 heteroatoms. The molecule has 18 heavy (non-hydrogen) atoms. The number of fused-ring (bicyclic) bond motifs is 1. The zero-order chi connectivity index (χ0) is 13.1. The summed E-state index contributed by atoms with van der Waals surface area (Å²) < 4.78 is 0.948. The summed E-state index contributed by atoms with van der Waals surface area (Å²) >= 11 is 1.39. The number of hydrogen-bond donors (Lipinski definition) is 2. The highest BCUT2D eigenvalue weighted by Gasteiger charge is 2.16. The van der Waals surface area contributed by atoms with Gasteiger partial charge in [-0.2, -0.15) is 0 Å². The molecule has 0 aliphatic heterocycles. The largest absolute Gasteiger partial charge is 0.397 e. The van der Waals surface area contributed by atoms with E-state index in [4.69, 9.17) is 5.73 Å². The van der Waals surface area contributed by atoms with Crippen molar-refractivity contribution in [1.29, 1.82) is 0 Å². The fourth-order valence-corrected chi connectivity index (χ4v) is 2.64. The van der Waals surface area contributed by atoms with Gasteiger partial charge >= 0.3 is 0 Å². The smallest absolute Gasteiger partial charge is 0.263 e. The number of aromatic nitrogens is 1. The zero-order valence-electron chi connectivity index (χ0n) is 10.6. The number of carbonyl (C=O) groups is 1. The van der Waals surface area contributed by atoms with Gasteiger partial charge in [-0.1, -0.05) is 20.3 Å². The number of amides is 1. The van der Waals surface area contributed by atoms with Crippen molar-refractivity contribution >= 4 is 33.0 Å². The van der Waals surface area contributed by atoms with Crippen LogP contribution in [0.3, 0.4) is 0 Å². The first-order chi connectivity index (χ1) is 8.63. The van der Waals surface area contributed by atoms with Crippen LogP contribution in [0.15, 0.2) is 18.5 Å². The molecule has 0 aliphatic rings. The summed E-state index contributed by atoms with van der Waals surface area (Å²) in [6.07, 6.45) is 4.47. The Labute approximate surface area is 110 Å². The van der Waals surface area contributed by atoms with Crippen LogP contribution in [0.5, 0.6) is 0 Å². The van der Waals surface area contributed by atoms with Crippen LogP contribution in [-0.4, -0.2) is 17.4 Å². The summed E-state index contributed by atoms with van der Waals surface area (Å²) in [6, 6.07) is 1.84. The Morgan fingerprint density at radius 1 is 1.61 bits per heavy atom. The average Bonchev–Trinajstić information content (AvgIpc) is 2.73. The van der Waals surface area contributed by atoms with Gasteiger partial charge in [0, 0.05) is 24.3 Å². The van der Waals surface area contributed by atoms with Gasteiger partial charge in [-0.3, -0.25) is 9.78 Å². The summed E-state index contributed by atoms with van der Waals surface area (Å²) in [7, 11) is 0. The van der Waals surface area contributed by atoms with Crippen molar-refractivity contribution in [3.05, 3.63) is 23.3 Å². The summed E-state index contributed by atoms with van der Waals surface area (Å²) in [6.45, 7) is 4.90. The Morgan fingerprint density at radius 2 is 2.39 bits per heavy atom. The van der Waals surface area contributed by atoms with E-state index in [1.54, 1.807) is 12.4 Å². The van der Waals surface area contributed by atoms with Crippen LogP contribution >= 0.6 is 11.3 Å². The van der Waals surface area contributed by atoms with E-state index in [1.807, 2.05) is 6.07 Å². The van der Waals surface area contributed by atoms with E-state index < -0.39 is 0 Å². The minimum Gasteiger partial charge on any atom is -0.397 e. The second kappa shape index (κ2) is 5.35. The lowest BCUT2D eigenvalue weighted by molar-refractivity contribution is 0.0953. The van der Waals surface area contributed by atoms with Gasteiger partial charge in [0.1, 0.15) is 4.88 Å². The molecule has 4 nitrogen and oxygen atoms in total. The van der Waals surface area contributed by atoms with Crippen LogP contribution in [0.4, 0.5) is 5.69 Å². The third-order valence-corrected chi connectivity index (χ3v) is 4.20. The first-order valence-electron chi connectivity index (χ1n) is 6.03. The van der Waals surface area contributed by atoms with Gasteiger partial charge in [-0.05, 0) is 12.0 Å². The molecule has 2 rings (SSSR count). The van der Waals surface area contributed by atoms with E-state index in [1.165, 1.54) is 11.3 Å². The molecular formula is C13H17N3OS. The Balaban J connectivity index is 2.20. The van der Waals surface area contributed by atoms with Crippen LogP contribution in [0.1, 0.15) is 29.9 Å². The van der Waals surface area contributed by atoms with Crippen LogP contribution in [-0.2, 0) is 0 Å². The van der Waals surface area contributed by atoms with Gasteiger partial charge in [0.15, 0.2) is 0 Å². The molecule has 0 aliphatic carbocycles. The third kappa shape index (κ3) is 2.46. The molecule has 3 N–H and O–H groups in total. The molecule has 2 heterocycles. The van der Waals surface area contributed by atoms with E-state index in [0.29, 0.717) is 23.0 Å². The number of nitrogens with zero attached hydrogens (tertiary/aromatic N) is 1. The monoisotopic (exact) mass is 263 g/mol. The highest BCUT2D eigenvalue weighted by Crippen LogP contribution is 2.32. The normalized spacial score (nSPS) is 12.6. The van der Waals surface area contributed by atoms with Crippen molar-refractivity contribution in [2.24, 2.45) is 5.92 Å². The molecular weight excluding hydrogens is 246 g/mol. The zero-order valence-corrected chi connectivity index (χ0v) is 11.4. The maximum absolute atomic E-state index is 12.1. The second-order valence-corrected chi connectivity index (χ2v) is 5.49. The van der Waals surface area contributed by atoms with Gasteiger partial charge in [-0.15, -0.1) is 11.3 Å². The number of anilines is 1. The summed E-state index contributed by atoms with van der Waals surface area (Å²) in [4.78, 5) is 16.7. The van der Waals surface area contributed by atoms with E-state index in [-0.39, 0.29) is 5.91 Å². The molecule has 0 fully saturated rings.